The number of methoxy groups -OCH3 is 1. The van der Waals surface area contributed by atoms with Crippen LogP contribution in [-0.4, -0.2) is 36.8 Å². The number of allylic oxidation sites excluding steroid dienone is 1. The number of rotatable bonds is 12. The molecule has 266 valence electrons. The van der Waals surface area contributed by atoms with E-state index < -0.39 is 6.04 Å². The number of hydrogen-bond acceptors (Lipinski definition) is 9. The molecule has 1 aliphatic heterocycles. The summed E-state index contributed by atoms with van der Waals surface area (Å²) in [6.45, 7) is 6.55. The number of carbonyl (C=O) groups is 2. The second kappa shape index (κ2) is 16.4. The first-order chi connectivity index (χ1) is 25.2. The van der Waals surface area contributed by atoms with Crippen LogP contribution < -0.4 is 34.4 Å². The first-order valence-corrected chi connectivity index (χ1v) is 18.5. The lowest BCUT2D eigenvalue weighted by molar-refractivity contribution is -0.113. The van der Waals surface area contributed by atoms with Crippen LogP contribution in [-0.2, 0) is 16.1 Å². The third-order valence-electron chi connectivity index (χ3n) is 8.20. The first kappa shape index (κ1) is 36.6. The highest BCUT2D eigenvalue weighted by Gasteiger charge is 2.32. The summed E-state index contributed by atoms with van der Waals surface area (Å²) in [5.41, 5.74) is 4.07. The molecule has 0 saturated heterocycles. The molecule has 0 radical (unpaired) electrons. The lowest BCUT2D eigenvalue weighted by Gasteiger charge is -2.25. The summed E-state index contributed by atoms with van der Waals surface area (Å²) in [4.78, 5) is 45.4. The van der Waals surface area contributed by atoms with E-state index in [4.69, 9.17) is 23.9 Å². The van der Waals surface area contributed by atoms with E-state index in [-0.39, 0.29) is 24.0 Å². The molecule has 1 atom stereocenters. The molecule has 10 nitrogen and oxygen atoms in total. The number of esters is 1. The summed E-state index contributed by atoms with van der Waals surface area (Å²) in [7, 11) is 1.56. The molecule has 2 heterocycles. The number of amides is 1. The zero-order valence-corrected chi connectivity index (χ0v) is 31.9. The van der Waals surface area contributed by atoms with Gasteiger partial charge in [-0.2, -0.15) is 0 Å². The average molecular weight is 830 g/mol. The van der Waals surface area contributed by atoms with E-state index in [0.29, 0.717) is 62.3 Å². The van der Waals surface area contributed by atoms with E-state index in [1.807, 2.05) is 85.8 Å². The summed E-state index contributed by atoms with van der Waals surface area (Å²) in [5, 5.41) is 2.98. The SMILES string of the molecule is CCOC(=O)c1ccc(COc2c(I)cc(/C=c3\sc4n(c3=O)[C@H](c3ccc(OCC)cc3)C(C(=O)Nc3ccccc3)=C(C)N=4)cc2OC)cc1. The van der Waals surface area contributed by atoms with Crippen molar-refractivity contribution in [1.82, 2.24) is 4.57 Å². The third kappa shape index (κ3) is 7.97. The van der Waals surface area contributed by atoms with Gasteiger partial charge in [0.2, 0.25) is 0 Å². The van der Waals surface area contributed by atoms with Crippen LogP contribution in [0.15, 0.2) is 112 Å². The fourth-order valence-corrected chi connectivity index (χ4v) is 7.61. The van der Waals surface area contributed by atoms with Gasteiger partial charge in [-0.3, -0.25) is 14.2 Å². The number of benzene rings is 4. The lowest BCUT2D eigenvalue weighted by atomic mass is 9.95. The molecule has 1 aliphatic rings. The number of halogens is 1. The number of nitrogens with one attached hydrogen (secondary N) is 1. The van der Waals surface area contributed by atoms with Crippen LogP contribution in [0.3, 0.4) is 0 Å². The van der Waals surface area contributed by atoms with Gasteiger partial charge in [-0.05, 0) is 115 Å². The smallest absolute Gasteiger partial charge is 0.338 e. The molecular formula is C40H36IN3O7S. The van der Waals surface area contributed by atoms with E-state index in [9.17, 15) is 14.4 Å². The second-order valence-electron chi connectivity index (χ2n) is 11.6. The minimum absolute atomic E-state index is 0.249. The Morgan fingerprint density at radius 3 is 2.37 bits per heavy atom. The van der Waals surface area contributed by atoms with Crippen LogP contribution in [0.2, 0.25) is 0 Å². The maximum absolute atomic E-state index is 14.3. The van der Waals surface area contributed by atoms with E-state index in [1.165, 1.54) is 11.3 Å². The van der Waals surface area contributed by atoms with Crippen LogP contribution in [0.25, 0.3) is 6.08 Å². The largest absolute Gasteiger partial charge is 0.494 e. The van der Waals surface area contributed by atoms with Gasteiger partial charge in [-0.1, -0.05) is 53.8 Å². The Hall–Kier alpha value is -5.21. The number of fused-ring (bicyclic) bond motifs is 1. The van der Waals surface area contributed by atoms with Crippen molar-refractivity contribution in [2.45, 2.75) is 33.4 Å². The Morgan fingerprint density at radius 2 is 1.69 bits per heavy atom. The minimum Gasteiger partial charge on any atom is -0.494 e. The molecule has 0 fully saturated rings. The molecule has 52 heavy (non-hydrogen) atoms. The monoisotopic (exact) mass is 829 g/mol. The zero-order valence-electron chi connectivity index (χ0n) is 29.0. The van der Waals surface area contributed by atoms with Crippen LogP contribution >= 0.6 is 33.9 Å². The van der Waals surface area contributed by atoms with Crippen LogP contribution in [0.4, 0.5) is 5.69 Å². The molecule has 0 bridgehead atoms. The maximum atomic E-state index is 14.3. The number of anilines is 1. The summed E-state index contributed by atoms with van der Waals surface area (Å²) < 4.78 is 25.4. The van der Waals surface area contributed by atoms with Crippen molar-refractivity contribution in [3.63, 3.8) is 0 Å². The predicted molar refractivity (Wildman–Crippen MR) is 209 cm³/mol. The van der Waals surface area contributed by atoms with Crippen LogP contribution in [0.5, 0.6) is 17.2 Å². The van der Waals surface area contributed by atoms with Crippen molar-refractivity contribution in [1.29, 1.82) is 0 Å². The topological polar surface area (TPSA) is 117 Å². The Balaban J connectivity index is 1.34. The van der Waals surface area contributed by atoms with Crippen molar-refractivity contribution in [2.75, 3.05) is 25.6 Å². The number of ether oxygens (including phenoxy) is 4. The molecular weight excluding hydrogens is 793 g/mol. The van der Waals surface area contributed by atoms with Gasteiger partial charge in [0.15, 0.2) is 16.3 Å². The van der Waals surface area contributed by atoms with Gasteiger partial charge in [-0.25, -0.2) is 9.79 Å². The highest BCUT2D eigenvalue weighted by Crippen LogP contribution is 2.35. The van der Waals surface area contributed by atoms with Crippen molar-refractivity contribution >= 4 is 57.6 Å². The van der Waals surface area contributed by atoms with E-state index >= 15 is 0 Å². The Morgan fingerprint density at radius 1 is 0.962 bits per heavy atom. The number of hydrogen-bond donors (Lipinski definition) is 1. The van der Waals surface area contributed by atoms with E-state index in [0.717, 1.165) is 20.3 Å². The number of carbonyl (C=O) groups excluding carboxylic acids is 2. The van der Waals surface area contributed by atoms with Gasteiger partial charge in [-0.15, -0.1) is 0 Å². The fourth-order valence-electron chi connectivity index (χ4n) is 5.78. The summed E-state index contributed by atoms with van der Waals surface area (Å²) in [6, 6.07) is 26.7. The number of nitrogens with zero attached hydrogens (tertiary/aromatic N) is 2. The number of thiazole rings is 1. The van der Waals surface area contributed by atoms with E-state index in [1.54, 1.807) is 43.7 Å². The Labute approximate surface area is 318 Å². The number of para-hydroxylation sites is 1. The Kier molecular flexibility index (Phi) is 11.6. The highest BCUT2D eigenvalue weighted by atomic mass is 127. The van der Waals surface area contributed by atoms with Gasteiger partial charge < -0.3 is 24.3 Å². The lowest BCUT2D eigenvalue weighted by Crippen LogP contribution is -2.40. The predicted octanol–water partition coefficient (Wildman–Crippen LogP) is 6.64. The van der Waals surface area contributed by atoms with Crippen molar-refractivity contribution in [3.05, 3.63) is 148 Å². The molecule has 5 aromatic rings. The third-order valence-corrected chi connectivity index (χ3v) is 9.99. The molecule has 4 aromatic carbocycles. The van der Waals surface area contributed by atoms with Gasteiger partial charge in [0.25, 0.3) is 11.5 Å². The molecule has 0 aliphatic carbocycles. The average Bonchev–Trinajstić information content (AvgIpc) is 3.44. The van der Waals surface area contributed by atoms with Crippen LogP contribution in [0, 0.1) is 3.57 Å². The van der Waals surface area contributed by atoms with Gasteiger partial charge in [0, 0.05) is 5.69 Å². The molecule has 0 unspecified atom stereocenters. The van der Waals surface area contributed by atoms with E-state index in [2.05, 4.69) is 27.9 Å². The van der Waals surface area contributed by atoms with Crippen LogP contribution in [0.1, 0.15) is 53.9 Å². The molecule has 1 N–H and O–H groups in total. The van der Waals surface area contributed by atoms with Crippen molar-refractivity contribution < 1.29 is 28.5 Å². The highest BCUT2D eigenvalue weighted by molar-refractivity contribution is 14.1. The normalized spacial score (nSPS) is 13.9. The second-order valence-corrected chi connectivity index (χ2v) is 13.8. The molecule has 12 heteroatoms. The van der Waals surface area contributed by atoms with Crippen molar-refractivity contribution in [3.8, 4) is 17.2 Å². The molecule has 0 spiro atoms. The molecule has 1 aromatic heterocycles. The quantitative estimate of drug-likeness (QED) is 0.111. The molecule has 0 saturated carbocycles. The Bertz CT molecular complexity index is 2320. The molecule has 6 rings (SSSR count). The van der Waals surface area contributed by atoms with Crippen molar-refractivity contribution in [2.24, 2.45) is 4.99 Å². The van der Waals surface area contributed by atoms with Gasteiger partial charge >= 0.3 is 5.97 Å². The van der Waals surface area contributed by atoms with Gasteiger partial charge in [0.1, 0.15) is 12.4 Å². The minimum atomic E-state index is -0.727. The zero-order chi connectivity index (χ0) is 36.8. The summed E-state index contributed by atoms with van der Waals surface area (Å²) in [6.07, 6.45) is 1.80. The maximum Gasteiger partial charge on any atom is 0.338 e. The molecule has 1 amide bonds. The summed E-state index contributed by atoms with van der Waals surface area (Å²) in [5.74, 6) is 1.03. The van der Waals surface area contributed by atoms with Gasteiger partial charge in [0.05, 0.1) is 51.3 Å². The fraction of sp³-hybridized carbons (Fsp3) is 0.200. The standard InChI is InChI=1S/C40H36IN3O7S/c1-5-49-30-18-16-27(17-19-30)35-34(37(45)43-29-10-8-7-9-11-29)24(3)42-40-44(35)38(46)33(52-40)22-26-20-31(41)36(32(21-26)48-4)51-23-25-12-14-28(15-13-25)39(47)50-6-2/h7-22,35H,5-6,23H2,1-4H3,(H,43,45)/b33-22-/t35-/m1/s1. The summed E-state index contributed by atoms with van der Waals surface area (Å²) >= 11 is 3.44. The number of aromatic nitrogens is 1. The first-order valence-electron chi connectivity index (χ1n) is 16.6.